The first-order valence-corrected chi connectivity index (χ1v) is 5.32. The van der Waals surface area contributed by atoms with Gasteiger partial charge in [-0.25, -0.2) is 18.7 Å². The van der Waals surface area contributed by atoms with Crippen LogP contribution >= 0.6 is 11.8 Å². The second kappa shape index (κ2) is 3.99. The van der Waals surface area contributed by atoms with Crippen molar-refractivity contribution in [3.8, 4) is 11.4 Å². The number of rotatable bonds is 1. The lowest BCUT2D eigenvalue weighted by molar-refractivity contribution is 0.587. The van der Waals surface area contributed by atoms with Crippen LogP contribution < -0.4 is 0 Å². The van der Waals surface area contributed by atoms with Crippen LogP contribution in [0.5, 0.6) is 0 Å². The first-order valence-electron chi connectivity index (χ1n) is 4.98. The summed E-state index contributed by atoms with van der Waals surface area (Å²) in [5.74, 6) is -1.47. The second-order valence-electron chi connectivity index (χ2n) is 3.58. The number of aromatic nitrogens is 4. The minimum atomic E-state index is -0.715. The van der Waals surface area contributed by atoms with E-state index in [4.69, 9.17) is 11.8 Å². The Morgan fingerprint density at radius 1 is 1.11 bits per heavy atom. The largest absolute Gasteiger partial charge is 0.234 e. The van der Waals surface area contributed by atoms with Gasteiger partial charge in [0.25, 0.3) is 0 Å². The summed E-state index contributed by atoms with van der Waals surface area (Å²) in [4.78, 5) is 7.92. The maximum atomic E-state index is 13.6. The van der Waals surface area contributed by atoms with E-state index in [1.165, 1.54) is 18.5 Å². The summed E-state index contributed by atoms with van der Waals surface area (Å²) in [5, 5.41) is 3.86. The van der Waals surface area contributed by atoms with Gasteiger partial charge in [-0.1, -0.05) is 6.07 Å². The molecule has 7 heteroatoms. The van der Waals surface area contributed by atoms with Crippen LogP contribution in [-0.4, -0.2) is 19.3 Å². The zero-order chi connectivity index (χ0) is 12.7. The molecule has 0 unspecified atom stereocenters. The van der Waals surface area contributed by atoms with E-state index in [0.717, 1.165) is 16.3 Å². The third-order valence-electron chi connectivity index (χ3n) is 2.42. The fourth-order valence-corrected chi connectivity index (χ4v) is 1.80. The molecule has 3 aromatic rings. The highest BCUT2D eigenvalue weighted by Gasteiger charge is 2.14. The smallest absolute Gasteiger partial charge is 0.165 e. The molecule has 0 radical (unpaired) electrons. The van der Waals surface area contributed by atoms with Gasteiger partial charge in [0.2, 0.25) is 0 Å². The van der Waals surface area contributed by atoms with Gasteiger partial charge in [-0.15, -0.1) is 0 Å². The molecular formula is C11H5ClF2N4. The maximum Gasteiger partial charge on any atom is 0.165 e. The lowest BCUT2D eigenvalue weighted by atomic mass is 10.2. The van der Waals surface area contributed by atoms with Crippen LogP contribution in [0, 0.1) is 11.6 Å². The van der Waals surface area contributed by atoms with Gasteiger partial charge in [-0.3, -0.25) is 0 Å². The van der Waals surface area contributed by atoms with E-state index in [1.54, 1.807) is 0 Å². The number of hydrogen-bond acceptors (Lipinski definition) is 3. The van der Waals surface area contributed by atoms with Crippen molar-refractivity contribution >= 4 is 22.8 Å². The number of fused-ring (bicyclic) bond motifs is 1. The fraction of sp³-hybridized carbons (Fsp3) is 0. The van der Waals surface area contributed by atoms with Crippen LogP contribution in [0.2, 0.25) is 0 Å². The summed E-state index contributed by atoms with van der Waals surface area (Å²) < 4.78 is 28.2. The topological polar surface area (TPSA) is 43.6 Å². The number of hydrogen-bond donors (Lipinski definition) is 0. The Morgan fingerprint density at radius 2 is 1.83 bits per heavy atom. The minimum Gasteiger partial charge on any atom is -0.234 e. The van der Waals surface area contributed by atoms with E-state index in [1.807, 2.05) is 0 Å². The highest BCUT2D eigenvalue weighted by molar-refractivity contribution is 6.15. The average Bonchev–Trinajstić information content (AvgIpc) is 2.68. The van der Waals surface area contributed by atoms with E-state index in [0.29, 0.717) is 11.0 Å². The molecule has 90 valence electrons. The number of halogens is 3. The Hall–Kier alpha value is -2.08. The van der Waals surface area contributed by atoms with Crippen molar-refractivity contribution in [2.75, 3.05) is 0 Å². The van der Waals surface area contributed by atoms with Crippen molar-refractivity contribution in [3.63, 3.8) is 0 Å². The quantitative estimate of drug-likeness (QED) is 0.680. The van der Waals surface area contributed by atoms with Gasteiger partial charge in [0, 0.05) is 11.8 Å². The summed E-state index contributed by atoms with van der Waals surface area (Å²) in [6.07, 6.45) is 2.79. The molecule has 0 spiro atoms. The third-order valence-corrected chi connectivity index (χ3v) is 2.59. The molecule has 4 nitrogen and oxygen atoms in total. The Balaban J connectivity index is 2.25. The van der Waals surface area contributed by atoms with Gasteiger partial charge < -0.3 is 0 Å². The Labute approximate surface area is 105 Å². The monoisotopic (exact) mass is 266 g/mol. The van der Waals surface area contributed by atoms with E-state index in [9.17, 15) is 8.78 Å². The van der Waals surface area contributed by atoms with Crippen LogP contribution in [0.4, 0.5) is 8.78 Å². The predicted molar refractivity (Wildman–Crippen MR) is 61.9 cm³/mol. The van der Waals surface area contributed by atoms with E-state index >= 15 is 0 Å². The Kier molecular flexibility index (Phi) is 2.45. The van der Waals surface area contributed by atoms with Crippen molar-refractivity contribution in [1.82, 2.24) is 19.3 Å². The molecule has 0 N–H and O–H groups in total. The highest BCUT2D eigenvalue weighted by Crippen LogP contribution is 2.23. The predicted octanol–water partition coefficient (Wildman–Crippen LogP) is 2.77. The van der Waals surface area contributed by atoms with Crippen LogP contribution in [0.1, 0.15) is 0 Å². The first-order chi connectivity index (χ1) is 8.65. The summed E-state index contributed by atoms with van der Waals surface area (Å²) >= 11 is 5.63. The molecule has 3 rings (SSSR count). The molecule has 2 aromatic heterocycles. The minimum absolute atomic E-state index is 0.0391. The first kappa shape index (κ1) is 11.0. The Bertz CT molecular complexity index is 721. The molecule has 0 atom stereocenters. The van der Waals surface area contributed by atoms with Crippen molar-refractivity contribution < 1.29 is 8.78 Å². The second-order valence-corrected chi connectivity index (χ2v) is 3.92. The summed E-state index contributed by atoms with van der Waals surface area (Å²) in [5.41, 5.74) is 0.602. The van der Waals surface area contributed by atoms with Gasteiger partial charge in [0.05, 0.1) is 18.0 Å². The molecular weight excluding hydrogens is 262 g/mol. The van der Waals surface area contributed by atoms with E-state index in [2.05, 4.69) is 15.1 Å². The molecule has 1 aromatic carbocycles. The molecule has 0 saturated heterocycles. The number of benzene rings is 1. The SMILES string of the molecule is Fc1cccc(F)c1-c1ncc2nn(Cl)cc2n1. The van der Waals surface area contributed by atoms with Crippen molar-refractivity contribution in [2.45, 2.75) is 0 Å². The van der Waals surface area contributed by atoms with Gasteiger partial charge in [0.1, 0.15) is 22.7 Å². The Morgan fingerprint density at radius 3 is 2.56 bits per heavy atom. The fourth-order valence-electron chi connectivity index (χ4n) is 1.63. The van der Waals surface area contributed by atoms with E-state index in [-0.39, 0.29) is 11.4 Å². The molecule has 0 fully saturated rings. The highest BCUT2D eigenvalue weighted by atomic mass is 35.5. The zero-order valence-corrected chi connectivity index (χ0v) is 9.57. The third kappa shape index (κ3) is 1.70. The zero-order valence-electron chi connectivity index (χ0n) is 8.81. The van der Waals surface area contributed by atoms with Crippen molar-refractivity contribution in [1.29, 1.82) is 0 Å². The van der Waals surface area contributed by atoms with Crippen LogP contribution in [0.15, 0.2) is 30.6 Å². The standard InChI is InChI=1S/C11H5ClF2N4/c12-18-5-9-8(17-18)4-15-11(16-9)10-6(13)2-1-3-7(10)14/h1-5H. The number of nitrogens with zero attached hydrogens (tertiary/aromatic N) is 4. The van der Waals surface area contributed by atoms with Crippen molar-refractivity contribution in [3.05, 3.63) is 42.2 Å². The molecule has 0 aliphatic rings. The molecule has 0 aliphatic carbocycles. The molecule has 0 bridgehead atoms. The van der Waals surface area contributed by atoms with Gasteiger partial charge in [-0.05, 0) is 12.1 Å². The van der Waals surface area contributed by atoms with Gasteiger partial charge in [-0.2, -0.15) is 9.30 Å². The van der Waals surface area contributed by atoms with Crippen LogP contribution in [-0.2, 0) is 0 Å². The summed E-state index contributed by atoms with van der Waals surface area (Å²) in [6, 6.07) is 3.58. The van der Waals surface area contributed by atoms with Crippen LogP contribution in [0.3, 0.4) is 0 Å². The molecule has 2 heterocycles. The molecule has 0 saturated carbocycles. The summed E-state index contributed by atoms with van der Waals surface area (Å²) in [7, 11) is 0. The maximum absolute atomic E-state index is 13.6. The summed E-state index contributed by atoms with van der Waals surface area (Å²) in [6.45, 7) is 0. The average molecular weight is 267 g/mol. The lowest BCUT2D eigenvalue weighted by Crippen LogP contribution is -1.95. The van der Waals surface area contributed by atoms with Gasteiger partial charge in [0.15, 0.2) is 5.82 Å². The lowest BCUT2D eigenvalue weighted by Gasteiger charge is -2.02. The molecule has 18 heavy (non-hydrogen) atoms. The van der Waals surface area contributed by atoms with Crippen LogP contribution in [0.25, 0.3) is 22.4 Å². The molecule has 0 aliphatic heterocycles. The van der Waals surface area contributed by atoms with E-state index < -0.39 is 11.6 Å². The van der Waals surface area contributed by atoms with Crippen molar-refractivity contribution in [2.24, 2.45) is 0 Å². The normalized spacial score (nSPS) is 11.1. The van der Waals surface area contributed by atoms with Gasteiger partial charge >= 0.3 is 0 Å². The molecule has 0 amide bonds.